The van der Waals surface area contributed by atoms with Crippen molar-refractivity contribution >= 4 is 17.1 Å². The molecule has 360 valence electrons. The number of hydrogen-bond donors (Lipinski definition) is 0. The summed E-state index contributed by atoms with van der Waals surface area (Å²) in [5.41, 5.74) is 23.8. The van der Waals surface area contributed by atoms with Gasteiger partial charge in [-0.05, 0) is 139 Å². The van der Waals surface area contributed by atoms with E-state index in [0.29, 0.717) is 0 Å². The van der Waals surface area contributed by atoms with E-state index in [1.54, 1.807) is 0 Å². The van der Waals surface area contributed by atoms with Crippen molar-refractivity contribution in [2.45, 2.75) is 10.8 Å². The van der Waals surface area contributed by atoms with E-state index < -0.39 is 10.8 Å². The lowest BCUT2D eigenvalue weighted by Gasteiger charge is -2.39. The predicted octanol–water partition coefficient (Wildman–Crippen LogP) is 19.1. The van der Waals surface area contributed by atoms with E-state index >= 15 is 0 Å². The summed E-state index contributed by atoms with van der Waals surface area (Å²) in [5, 5.41) is 0. The molecule has 2 aliphatic heterocycles. The van der Waals surface area contributed by atoms with Crippen LogP contribution in [0.1, 0.15) is 44.5 Å². The molecule has 0 radical (unpaired) electrons. The van der Waals surface area contributed by atoms with E-state index in [0.717, 1.165) is 79.0 Å². The standard InChI is InChI=1S/C74H47NO2/c1-2-20-48(21-3-1)50-22-16-24-53(46-50)75(52-44-42-49(43-45-52)55-28-18-36-65-71(55)57-26-4-6-30-59(57)73(65)61-32-8-12-38-67(61)76-68-39-13-9-33-62(68)73)54-25-17-23-51(47-54)56-29-19-37-66-72(56)58-27-5-7-31-60(58)74(66)63-34-10-14-40-69(63)77-70-41-15-11-35-64(70)74/h1-47H. The molecule has 3 heteroatoms. The fraction of sp³-hybridized carbons (Fsp3) is 0.0270. The first-order valence-electron chi connectivity index (χ1n) is 26.6. The maximum Gasteiger partial charge on any atom is 0.132 e. The van der Waals surface area contributed by atoms with Gasteiger partial charge in [0.05, 0.1) is 10.8 Å². The van der Waals surface area contributed by atoms with E-state index in [2.05, 4.69) is 290 Å². The largest absolute Gasteiger partial charge is 0.457 e. The Bertz CT molecular complexity index is 4270. The number of anilines is 3. The first-order valence-corrected chi connectivity index (χ1v) is 26.6. The Morgan fingerprint density at radius 2 is 0.571 bits per heavy atom. The van der Waals surface area contributed by atoms with Crippen LogP contribution in [0, 0.1) is 0 Å². The van der Waals surface area contributed by atoms with Crippen LogP contribution in [0.2, 0.25) is 0 Å². The molecule has 0 amide bonds. The second-order valence-electron chi connectivity index (χ2n) is 20.6. The molecule has 0 N–H and O–H groups in total. The van der Waals surface area contributed by atoms with Crippen molar-refractivity contribution in [3.63, 3.8) is 0 Å². The third kappa shape index (κ3) is 6.14. The number of fused-ring (bicyclic) bond motifs is 18. The minimum Gasteiger partial charge on any atom is -0.457 e. The second-order valence-corrected chi connectivity index (χ2v) is 20.6. The molecular weight excluding hydrogens is 935 g/mol. The van der Waals surface area contributed by atoms with E-state index in [-0.39, 0.29) is 0 Å². The average Bonchev–Trinajstić information content (AvgIpc) is 4.09. The van der Waals surface area contributed by atoms with Crippen LogP contribution in [0.4, 0.5) is 17.1 Å². The highest BCUT2D eigenvalue weighted by atomic mass is 16.5. The molecule has 2 spiro atoms. The van der Waals surface area contributed by atoms with Gasteiger partial charge in [0, 0.05) is 39.3 Å². The van der Waals surface area contributed by atoms with Crippen molar-refractivity contribution in [1.82, 2.24) is 0 Å². The highest BCUT2D eigenvalue weighted by Crippen LogP contribution is 2.65. The zero-order valence-corrected chi connectivity index (χ0v) is 41.9. The Morgan fingerprint density at radius 1 is 0.221 bits per heavy atom. The van der Waals surface area contributed by atoms with Crippen LogP contribution in [-0.2, 0) is 10.8 Å². The van der Waals surface area contributed by atoms with Crippen LogP contribution >= 0.6 is 0 Å². The van der Waals surface area contributed by atoms with Gasteiger partial charge < -0.3 is 14.4 Å². The van der Waals surface area contributed by atoms with Crippen LogP contribution in [-0.4, -0.2) is 0 Å². The fourth-order valence-electron chi connectivity index (χ4n) is 13.8. The third-order valence-corrected chi connectivity index (χ3v) is 16.8. The Hall–Kier alpha value is -9.96. The van der Waals surface area contributed by atoms with Crippen molar-refractivity contribution in [3.05, 3.63) is 330 Å². The molecule has 0 aromatic heterocycles. The molecular formula is C74H47NO2. The number of para-hydroxylation sites is 4. The van der Waals surface area contributed by atoms with Gasteiger partial charge >= 0.3 is 0 Å². The lowest BCUT2D eigenvalue weighted by molar-refractivity contribution is 0.436. The highest BCUT2D eigenvalue weighted by Gasteiger charge is 2.53. The Kier molecular flexibility index (Phi) is 9.47. The lowest BCUT2D eigenvalue weighted by atomic mass is 9.66. The minimum atomic E-state index is -0.558. The summed E-state index contributed by atoms with van der Waals surface area (Å²) in [6.45, 7) is 0. The monoisotopic (exact) mass is 981 g/mol. The van der Waals surface area contributed by atoms with Gasteiger partial charge in [0.2, 0.25) is 0 Å². The highest BCUT2D eigenvalue weighted by molar-refractivity contribution is 5.99. The van der Waals surface area contributed by atoms with E-state index in [1.807, 2.05) is 0 Å². The maximum absolute atomic E-state index is 6.68. The Morgan fingerprint density at radius 3 is 1.06 bits per heavy atom. The Labute approximate surface area is 448 Å². The van der Waals surface area contributed by atoms with Gasteiger partial charge in [-0.1, -0.05) is 224 Å². The molecule has 16 rings (SSSR count). The normalized spacial score (nSPS) is 13.9. The molecule has 0 saturated heterocycles. The maximum atomic E-state index is 6.68. The van der Waals surface area contributed by atoms with Gasteiger partial charge in [0.25, 0.3) is 0 Å². The van der Waals surface area contributed by atoms with Gasteiger partial charge in [0.15, 0.2) is 0 Å². The lowest BCUT2D eigenvalue weighted by Crippen LogP contribution is -2.32. The molecule has 12 aromatic rings. The summed E-state index contributed by atoms with van der Waals surface area (Å²) >= 11 is 0. The molecule has 12 aromatic carbocycles. The molecule has 0 bridgehead atoms. The third-order valence-electron chi connectivity index (χ3n) is 16.8. The molecule has 0 saturated carbocycles. The summed E-state index contributed by atoms with van der Waals surface area (Å²) < 4.78 is 13.3. The van der Waals surface area contributed by atoms with Crippen molar-refractivity contribution in [2.24, 2.45) is 0 Å². The second kappa shape index (κ2) is 16.8. The Balaban J connectivity index is 0.860. The average molecular weight is 982 g/mol. The SMILES string of the molecule is c1ccc(-c2cccc(N(c3ccc(-c4cccc5c4-c4ccccc4C54c5ccccc5Oc5ccccc54)cc3)c3cccc(-c4cccc5c4-c4ccccc4C54c5ccccc5Oc5ccccc54)c3)c2)cc1. The quantitative estimate of drug-likeness (QED) is 0.166. The van der Waals surface area contributed by atoms with Crippen LogP contribution in [0.5, 0.6) is 23.0 Å². The number of rotatable bonds is 6. The molecule has 2 aliphatic carbocycles. The van der Waals surface area contributed by atoms with E-state index in [4.69, 9.17) is 9.47 Å². The van der Waals surface area contributed by atoms with Gasteiger partial charge in [0.1, 0.15) is 23.0 Å². The van der Waals surface area contributed by atoms with E-state index in [1.165, 1.54) is 61.2 Å². The first-order chi connectivity index (χ1) is 38.2. The van der Waals surface area contributed by atoms with Crippen molar-refractivity contribution < 1.29 is 9.47 Å². The van der Waals surface area contributed by atoms with Crippen LogP contribution in [0.3, 0.4) is 0 Å². The molecule has 0 fully saturated rings. The minimum absolute atomic E-state index is 0.541. The molecule has 4 aliphatic rings. The van der Waals surface area contributed by atoms with Crippen molar-refractivity contribution in [2.75, 3.05) is 4.90 Å². The van der Waals surface area contributed by atoms with Crippen molar-refractivity contribution in [1.29, 1.82) is 0 Å². The topological polar surface area (TPSA) is 21.7 Å². The molecule has 0 unspecified atom stereocenters. The molecule has 0 atom stereocenters. The predicted molar refractivity (Wildman–Crippen MR) is 312 cm³/mol. The zero-order chi connectivity index (χ0) is 50.7. The number of benzene rings is 12. The van der Waals surface area contributed by atoms with Crippen LogP contribution < -0.4 is 14.4 Å². The summed E-state index contributed by atoms with van der Waals surface area (Å²) in [6.07, 6.45) is 0. The van der Waals surface area contributed by atoms with Crippen LogP contribution in [0.15, 0.2) is 285 Å². The van der Waals surface area contributed by atoms with Crippen molar-refractivity contribution in [3.8, 4) is 78.6 Å². The van der Waals surface area contributed by atoms with E-state index in [9.17, 15) is 0 Å². The molecule has 3 nitrogen and oxygen atoms in total. The summed E-state index contributed by atoms with van der Waals surface area (Å²) in [7, 11) is 0. The molecule has 2 heterocycles. The fourth-order valence-corrected chi connectivity index (χ4v) is 13.8. The van der Waals surface area contributed by atoms with Gasteiger partial charge in [-0.25, -0.2) is 0 Å². The first kappa shape index (κ1) is 43.4. The summed E-state index contributed by atoms with van der Waals surface area (Å²) in [4.78, 5) is 2.42. The number of ether oxygens (including phenoxy) is 2. The number of hydrogen-bond acceptors (Lipinski definition) is 3. The van der Waals surface area contributed by atoms with Gasteiger partial charge in [-0.15, -0.1) is 0 Å². The summed E-state index contributed by atoms with van der Waals surface area (Å²) in [6, 6.07) is 104. The summed E-state index contributed by atoms with van der Waals surface area (Å²) in [5.74, 6) is 3.57. The number of nitrogens with zero attached hydrogens (tertiary/aromatic N) is 1. The van der Waals surface area contributed by atoms with Gasteiger partial charge in [-0.2, -0.15) is 0 Å². The van der Waals surface area contributed by atoms with Gasteiger partial charge in [-0.3, -0.25) is 0 Å². The zero-order valence-electron chi connectivity index (χ0n) is 41.9. The smallest absolute Gasteiger partial charge is 0.132 e. The van der Waals surface area contributed by atoms with Crippen LogP contribution in [0.25, 0.3) is 55.6 Å². The molecule has 77 heavy (non-hydrogen) atoms.